The zero-order chi connectivity index (χ0) is 26.6. The molecule has 1 amide bonds. The molecule has 38 heavy (non-hydrogen) atoms. The molecule has 4 rings (SSSR count). The zero-order valence-electron chi connectivity index (χ0n) is 22.4. The van der Waals surface area contributed by atoms with Crippen LogP contribution in [0, 0.1) is 0 Å². The largest absolute Gasteiger partial charge is 0.348 e. The van der Waals surface area contributed by atoms with Gasteiger partial charge in [-0.15, -0.1) is 0 Å². The Kier molecular flexibility index (Phi) is 10.2. The van der Waals surface area contributed by atoms with Crippen molar-refractivity contribution in [3.8, 4) is 0 Å². The maximum absolute atomic E-state index is 12.9. The minimum absolute atomic E-state index is 0.106. The topological polar surface area (TPSA) is 77.2 Å². The first-order valence-corrected chi connectivity index (χ1v) is 13.4. The van der Waals surface area contributed by atoms with Crippen LogP contribution >= 0.6 is 0 Å². The molecular weight excluding hydrogens is 472 g/mol. The van der Waals surface area contributed by atoms with Gasteiger partial charge in [0.1, 0.15) is 5.82 Å². The van der Waals surface area contributed by atoms with E-state index in [0.29, 0.717) is 12.1 Å². The number of benzene rings is 2. The molecule has 0 aliphatic heterocycles. The highest BCUT2D eigenvalue weighted by Gasteiger charge is 2.12. The average molecular weight is 511 g/mol. The molecule has 0 aliphatic rings. The first kappa shape index (κ1) is 27.2. The number of aromatic nitrogens is 3. The maximum atomic E-state index is 12.9. The van der Waals surface area contributed by atoms with Crippen molar-refractivity contribution < 1.29 is 4.79 Å². The second-order valence-corrected chi connectivity index (χ2v) is 9.67. The van der Waals surface area contributed by atoms with Crippen molar-refractivity contribution in [3.05, 3.63) is 114 Å². The van der Waals surface area contributed by atoms with Crippen LogP contribution in [0.25, 0.3) is 0 Å². The van der Waals surface area contributed by atoms with Crippen molar-refractivity contribution in [1.82, 2.24) is 24.8 Å². The van der Waals surface area contributed by atoms with Gasteiger partial charge in [0.05, 0.1) is 6.54 Å². The number of nitrogens with zero attached hydrogens (tertiary/aromatic N) is 4. The van der Waals surface area contributed by atoms with Crippen molar-refractivity contribution in [2.75, 3.05) is 18.4 Å². The van der Waals surface area contributed by atoms with Crippen LogP contribution in [0.5, 0.6) is 0 Å². The number of aromatic amines is 1. The summed E-state index contributed by atoms with van der Waals surface area (Å²) in [5, 5.41) is 3.03. The smallest absolute Gasteiger partial charge is 0.255 e. The van der Waals surface area contributed by atoms with Crippen LogP contribution in [0.15, 0.2) is 85.5 Å². The summed E-state index contributed by atoms with van der Waals surface area (Å²) >= 11 is 0. The van der Waals surface area contributed by atoms with Gasteiger partial charge in [0, 0.05) is 55.7 Å². The van der Waals surface area contributed by atoms with Gasteiger partial charge in [-0.25, -0.2) is 4.98 Å². The lowest BCUT2D eigenvalue weighted by atomic mass is 10.1. The van der Waals surface area contributed by atoms with E-state index in [-0.39, 0.29) is 5.91 Å². The van der Waals surface area contributed by atoms with E-state index in [1.165, 1.54) is 5.56 Å². The van der Waals surface area contributed by atoms with Gasteiger partial charge in [-0.05, 0) is 73.0 Å². The van der Waals surface area contributed by atoms with E-state index in [4.69, 9.17) is 0 Å². The molecule has 2 heterocycles. The minimum atomic E-state index is -0.106. The first-order chi connectivity index (χ1) is 18.6. The molecule has 198 valence electrons. The number of nitrogens with one attached hydrogen (secondary N) is 2. The summed E-state index contributed by atoms with van der Waals surface area (Å²) < 4.78 is 0. The van der Waals surface area contributed by atoms with E-state index < -0.39 is 0 Å². The normalized spacial score (nSPS) is 11.3. The van der Waals surface area contributed by atoms with Crippen LogP contribution in [0.1, 0.15) is 59.6 Å². The predicted molar refractivity (Wildman–Crippen MR) is 152 cm³/mol. The van der Waals surface area contributed by atoms with Gasteiger partial charge in [0.25, 0.3) is 5.91 Å². The van der Waals surface area contributed by atoms with E-state index >= 15 is 0 Å². The Morgan fingerprint density at radius 2 is 1.45 bits per heavy atom. The lowest BCUT2D eigenvalue weighted by Crippen LogP contribution is -2.24. The van der Waals surface area contributed by atoms with Gasteiger partial charge in [-0.2, -0.15) is 0 Å². The van der Waals surface area contributed by atoms with Gasteiger partial charge < -0.3 is 10.3 Å². The number of rotatable bonds is 14. The molecule has 0 atom stereocenters. The molecule has 2 aromatic carbocycles. The summed E-state index contributed by atoms with van der Waals surface area (Å²) in [6, 6.07) is 20.0. The van der Waals surface area contributed by atoms with Gasteiger partial charge >= 0.3 is 0 Å². The van der Waals surface area contributed by atoms with Crippen molar-refractivity contribution in [3.63, 3.8) is 0 Å². The Hall–Kier alpha value is -3.81. The fraction of sp³-hybridized carbons (Fsp3) is 0.323. The van der Waals surface area contributed by atoms with E-state index in [1.54, 1.807) is 12.4 Å². The number of H-pyrrole nitrogens is 1. The van der Waals surface area contributed by atoms with E-state index in [0.717, 1.165) is 68.2 Å². The van der Waals surface area contributed by atoms with E-state index in [1.807, 2.05) is 54.9 Å². The van der Waals surface area contributed by atoms with Crippen LogP contribution in [-0.2, 0) is 26.2 Å². The van der Waals surface area contributed by atoms with Crippen LogP contribution in [0.4, 0.5) is 5.69 Å². The van der Waals surface area contributed by atoms with Crippen LogP contribution < -0.4 is 5.32 Å². The molecule has 7 heteroatoms. The third-order valence-corrected chi connectivity index (χ3v) is 6.38. The molecule has 2 aromatic heterocycles. The molecule has 0 unspecified atom stereocenters. The van der Waals surface area contributed by atoms with Gasteiger partial charge in [-0.1, -0.05) is 44.2 Å². The Labute approximate surface area is 225 Å². The monoisotopic (exact) mass is 510 g/mol. The number of amides is 1. The number of hydrogen-bond donors (Lipinski definition) is 2. The minimum Gasteiger partial charge on any atom is -0.348 e. The average Bonchev–Trinajstić information content (AvgIpc) is 3.44. The number of pyridine rings is 1. The number of carbonyl (C=O) groups excluding carboxylic acids is 1. The highest BCUT2D eigenvalue weighted by Crippen LogP contribution is 2.16. The maximum Gasteiger partial charge on any atom is 0.255 e. The molecule has 2 N–H and O–H groups in total. The van der Waals surface area contributed by atoms with E-state index in [2.05, 4.69) is 62.1 Å². The summed E-state index contributed by atoms with van der Waals surface area (Å²) in [4.78, 5) is 29.5. The number of imidazole rings is 1. The molecule has 4 aromatic rings. The molecule has 0 spiro atoms. The van der Waals surface area contributed by atoms with Crippen molar-refractivity contribution in [2.24, 2.45) is 0 Å². The Morgan fingerprint density at radius 1 is 0.789 bits per heavy atom. The second-order valence-electron chi connectivity index (χ2n) is 9.67. The lowest BCUT2D eigenvalue weighted by molar-refractivity contribution is 0.102. The standard InChI is InChI=1S/C31H38N6O/c1-3-18-36(19-4-2)21-26-9-13-29(14-10-26)35-31(38)28-11-7-25(8-12-28)22-37(24-30-33-16-17-34-30)23-27-6-5-15-32-20-27/h5-17,20H,3-4,18-19,21-24H2,1-2H3,(H,33,34)(H,35,38). The molecular formula is C31H38N6O. The van der Waals surface area contributed by atoms with Crippen LogP contribution in [-0.4, -0.2) is 43.7 Å². The summed E-state index contributed by atoms with van der Waals surface area (Å²) in [5.41, 5.74) is 4.98. The third kappa shape index (κ3) is 8.36. The highest BCUT2D eigenvalue weighted by atomic mass is 16.1. The predicted octanol–water partition coefficient (Wildman–Crippen LogP) is 5.88. The fourth-order valence-electron chi connectivity index (χ4n) is 4.59. The van der Waals surface area contributed by atoms with Crippen molar-refractivity contribution in [2.45, 2.75) is 52.9 Å². The zero-order valence-corrected chi connectivity index (χ0v) is 22.4. The number of carbonyl (C=O) groups is 1. The molecule has 0 fully saturated rings. The molecule has 0 aliphatic carbocycles. The van der Waals surface area contributed by atoms with Gasteiger partial charge in [0.15, 0.2) is 0 Å². The van der Waals surface area contributed by atoms with Crippen molar-refractivity contribution in [1.29, 1.82) is 0 Å². The Morgan fingerprint density at radius 3 is 2.05 bits per heavy atom. The third-order valence-electron chi connectivity index (χ3n) is 6.38. The number of hydrogen-bond acceptors (Lipinski definition) is 5. The first-order valence-electron chi connectivity index (χ1n) is 13.4. The Balaban J connectivity index is 1.35. The summed E-state index contributed by atoms with van der Waals surface area (Å²) in [6.07, 6.45) is 9.59. The van der Waals surface area contributed by atoms with Gasteiger partial charge in [0.2, 0.25) is 0 Å². The van der Waals surface area contributed by atoms with E-state index in [9.17, 15) is 4.79 Å². The molecule has 0 saturated heterocycles. The van der Waals surface area contributed by atoms with Crippen LogP contribution in [0.2, 0.25) is 0 Å². The molecule has 0 bridgehead atoms. The SMILES string of the molecule is CCCN(CCC)Cc1ccc(NC(=O)c2ccc(CN(Cc3cccnc3)Cc3ncc[nH]3)cc2)cc1. The van der Waals surface area contributed by atoms with Crippen molar-refractivity contribution >= 4 is 11.6 Å². The summed E-state index contributed by atoms with van der Waals surface area (Å²) in [5.74, 6) is 0.810. The number of anilines is 1. The molecule has 7 nitrogen and oxygen atoms in total. The van der Waals surface area contributed by atoms with Gasteiger partial charge in [-0.3, -0.25) is 19.6 Å². The molecule has 0 saturated carbocycles. The molecule has 0 radical (unpaired) electrons. The highest BCUT2D eigenvalue weighted by molar-refractivity contribution is 6.04. The lowest BCUT2D eigenvalue weighted by Gasteiger charge is -2.21. The Bertz CT molecular complexity index is 1220. The summed E-state index contributed by atoms with van der Waals surface area (Å²) in [6.45, 7) is 9.75. The van der Waals surface area contributed by atoms with Crippen LogP contribution in [0.3, 0.4) is 0 Å². The quantitative estimate of drug-likeness (QED) is 0.221. The fourth-order valence-corrected chi connectivity index (χ4v) is 4.59. The summed E-state index contributed by atoms with van der Waals surface area (Å²) in [7, 11) is 0. The second kappa shape index (κ2) is 14.2.